The molecule has 7 heteroatoms. The first-order chi connectivity index (χ1) is 9.03. The number of nitrogens with zero attached hydrogens (tertiary/aromatic N) is 1. The Balaban J connectivity index is 3.30. The number of hydrogen-bond acceptors (Lipinski definition) is 5. The van der Waals surface area contributed by atoms with Crippen LogP contribution < -0.4 is 9.47 Å². The predicted molar refractivity (Wildman–Crippen MR) is 60.1 cm³/mol. The van der Waals surface area contributed by atoms with Crippen molar-refractivity contribution in [2.24, 2.45) is 0 Å². The molecule has 0 aliphatic heterocycles. The molecule has 19 heavy (non-hydrogen) atoms. The Morgan fingerprint density at radius 3 is 2.53 bits per heavy atom. The van der Waals surface area contributed by atoms with Gasteiger partial charge in [0.1, 0.15) is 6.07 Å². The second-order valence-corrected chi connectivity index (χ2v) is 3.38. The molecule has 0 atom stereocenters. The van der Waals surface area contributed by atoms with E-state index in [9.17, 15) is 13.6 Å². The van der Waals surface area contributed by atoms with E-state index in [1.54, 1.807) is 6.07 Å². The topological polar surface area (TPSA) is 68.6 Å². The van der Waals surface area contributed by atoms with Gasteiger partial charge in [-0.2, -0.15) is 14.0 Å². The number of esters is 1. The van der Waals surface area contributed by atoms with Crippen LogP contribution in [-0.2, 0) is 16.0 Å². The Bertz CT molecular complexity index is 511. The lowest BCUT2D eigenvalue weighted by molar-refractivity contribution is -0.139. The highest BCUT2D eigenvalue weighted by Gasteiger charge is 2.20. The van der Waals surface area contributed by atoms with Crippen molar-refractivity contribution in [1.29, 1.82) is 5.26 Å². The summed E-state index contributed by atoms with van der Waals surface area (Å²) in [6.45, 7) is -3.10. The second-order valence-electron chi connectivity index (χ2n) is 3.38. The number of hydrogen-bond donors (Lipinski definition) is 0. The highest BCUT2D eigenvalue weighted by atomic mass is 19.3. The van der Waals surface area contributed by atoms with Crippen molar-refractivity contribution in [3.63, 3.8) is 0 Å². The third-order valence-electron chi connectivity index (χ3n) is 2.29. The number of benzene rings is 1. The molecule has 0 fully saturated rings. The van der Waals surface area contributed by atoms with Crippen LogP contribution in [0, 0.1) is 11.3 Å². The number of carbonyl (C=O) groups excluding carboxylic acids is 1. The van der Waals surface area contributed by atoms with E-state index in [-0.39, 0.29) is 29.0 Å². The molecule has 0 unspecified atom stereocenters. The molecule has 0 N–H and O–H groups in total. The summed E-state index contributed by atoms with van der Waals surface area (Å²) >= 11 is 0. The van der Waals surface area contributed by atoms with Gasteiger partial charge in [0.25, 0.3) is 0 Å². The number of nitriles is 1. The molecule has 0 aliphatic carbocycles. The number of ether oxygens (including phenoxy) is 3. The zero-order chi connectivity index (χ0) is 14.4. The van der Waals surface area contributed by atoms with Crippen LogP contribution in [0.1, 0.15) is 11.1 Å². The highest BCUT2D eigenvalue weighted by molar-refractivity contribution is 5.74. The van der Waals surface area contributed by atoms with E-state index in [2.05, 4.69) is 9.47 Å². The minimum absolute atomic E-state index is 0.0340. The van der Waals surface area contributed by atoms with Gasteiger partial charge in [0.05, 0.1) is 26.2 Å². The Morgan fingerprint density at radius 1 is 1.37 bits per heavy atom. The number of carbonyl (C=O) groups is 1. The van der Waals surface area contributed by atoms with Crippen LogP contribution in [0.2, 0.25) is 0 Å². The molecule has 5 nitrogen and oxygen atoms in total. The fourth-order valence-corrected chi connectivity index (χ4v) is 1.48. The van der Waals surface area contributed by atoms with Gasteiger partial charge in [0, 0.05) is 5.56 Å². The highest BCUT2D eigenvalue weighted by Crippen LogP contribution is 2.36. The standard InChI is InChI=1S/C12H11F2NO4/c1-17-9(16)5-7-3-4-8(6-15)10(18-2)11(7)19-12(13)14/h3-4,12H,5H2,1-2H3. The lowest BCUT2D eigenvalue weighted by Crippen LogP contribution is -2.11. The first-order valence-electron chi connectivity index (χ1n) is 5.15. The maximum absolute atomic E-state index is 12.4. The van der Waals surface area contributed by atoms with Crippen molar-refractivity contribution in [1.82, 2.24) is 0 Å². The molecule has 0 amide bonds. The fourth-order valence-electron chi connectivity index (χ4n) is 1.48. The lowest BCUT2D eigenvalue weighted by atomic mass is 10.1. The summed E-state index contributed by atoms with van der Waals surface area (Å²) in [6.07, 6.45) is -0.263. The molecule has 0 aromatic heterocycles. The molecule has 0 bridgehead atoms. The van der Waals surface area contributed by atoms with E-state index in [1.807, 2.05) is 0 Å². The van der Waals surface area contributed by atoms with Crippen molar-refractivity contribution in [2.75, 3.05) is 14.2 Å². The molecule has 0 radical (unpaired) electrons. The Labute approximate surface area is 108 Å². The van der Waals surface area contributed by atoms with E-state index in [0.29, 0.717) is 0 Å². The minimum atomic E-state index is -3.10. The summed E-state index contributed by atoms with van der Waals surface area (Å²) in [5.74, 6) is -1.09. The number of methoxy groups -OCH3 is 2. The molecule has 0 heterocycles. The van der Waals surface area contributed by atoms with Crippen molar-refractivity contribution >= 4 is 5.97 Å². The van der Waals surface area contributed by atoms with Crippen molar-refractivity contribution in [2.45, 2.75) is 13.0 Å². The van der Waals surface area contributed by atoms with Crippen LogP contribution in [0.5, 0.6) is 11.5 Å². The van der Waals surface area contributed by atoms with Crippen LogP contribution >= 0.6 is 0 Å². The molecular weight excluding hydrogens is 260 g/mol. The quantitative estimate of drug-likeness (QED) is 0.765. The Morgan fingerprint density at radius 2 is 2.05 bits per heavy atom. The Hall–Kier alpha value is -2.36. The summed E-state index contributed by atoms with van der Waals surface area (Å²) in [4.78, 5) is 11.2. The summed E-state index contributed by atoms with van der Waals surface area (Å²) in [7, 11) is 2.40. The van der Waals surface area contributed by atoms with Gasteiger partial charge in [-0.15, -0.1) is 0 Å². The second kappa shape index (κ2) is 6.54. The predicted octanol–water partition coefficient (Wildman–Crippen LogP) is 1.88. The molecular formula is C12H11F2NO4. The molecule has 0 spiro atoms. The largest absolute Gasteiger partial charge is 0.492 e. The van der Waals surface area contributed by atoms with Gasteiger partial charge in [-0.3, -0.25) is 4.79 Å². The third-order valence-corrected chi connectivity index (χ3v) is 2.29. The summed E-state index contributed by atoms with van der Waals surface area (Å²) in [5.41, 5.74) is 0.190. The number of halogens is 2. The molecule has 0 saturated heterocycles. The van der Waals surface area contributed by atoms with Crippen LogP contribution in [-0.4, -0.2) is 26.8 Å². The molecule has 102 valence electrons. The van der Waals surface area contributed by atoms with Gasteiger partial charge in [-0.05, 0) is 6.07 Å². The fraction of sp³-hybridized carbons (Fsp3) is 0.333. The molecule has 0 saturated carbocycles. The van der Waals surface area contributed by atoms with Crippen LogP contribution in [0.4, 0.5) is 8.78 Å². The molecule has 1 rings (SSSR count). The first-order valence-corrected chi connectivity index (χ1v) is 5.15. The zero-order valence-electron chi connectivity index (χ0n) is 10.3. The Kier molecular flexibility index (Phi) is 5.06. The van der Waals surface area contributed by atoms with Crippen LogP contribution in [0.25, 0.3) is 0 Å². The summed E-state index contributed by atoms with van der Waals surface area (Å²) in [6, 6.07) is 4.49. The van der Waals surface area contributed by atoms with Crippen LogP contribution in [0.15, 0.2) is 12.1 Å². The normalized spacial score (nSPS) is 9.89. The van der Waals surface area contributed by atoms with Crippen molar-refractivity contribution < 1.29 is 27.8 Å². The first kappa shape index (κ1) is 14.7. The minimum Gasteiger partial charge on any atom is -0.492 e. The van der Waals surface area contributed by atoms with E-state index >= 15 is 0 Å². The lowest BCUT2D eigenvalue weighted by Gasteiger charge is -2.15. The summed E-state index contributed by atoms with van der Waals surface area (Å²) < 4.78 is 38.5. The molecule has 1 aromatic carbocycles. The van der Waals surface area contributed by atoms with Gasteiger partial charge < -0.3 is 14.2 Å². The maximum atomic E-state index is 12.4. The average molecular weight is 271 g/mol. The molecule has 0 aliphatic rings. The van der Waals surface area contributed by atoms with Gasteiger partial charge in [-0.1, -0.05) is 6.07 Å². The van der Waals surface area contributed by atoms with Crippen molar-refractivity contribution in [3.8, 4) is 17.6 Å². The van der Waals surface area contributed by atoms with Gasteiger partial charge >= 0.3 is 12.6 Å². The maximum Gasteiger partial charge on any atom is 0.387 e. The number of rotatable bonds is 5. The number of alkyl halides is 2. The van der Waals surface area contributed by atoms with Gasteiger partial charge in [-0.25, -0.2) is 0 Å². The van der Waals surface area contributed by atoms with E-state index in [1.165, 1.54) is 26.4 Å². The SMILES string of the molecule is COC(=O)Cc1ccc(C#N)c(OC)c1OC(F)F. The van der Waals surface area contributed by atoms with Crippen LogP contribution in [0.3, 0.4) is 0 Å². The monoisotopic (exact) mass is 271 g/mol. The van der Waals surface area contributed by atoms with Gasteiger partial charge in [0.15, 0.2) is 11.5 Å². The van der Waals surface area contributed by atoms with E-state index in [4.69, 9.17) is 10.00 Å². The van der Waals surface area contributed by atoms with E-state index < -0.39 is 12.6 Å². The van der Waals surface area contributed by atoms with Gasteiger partial charge in [0.2, 0.25) is 0 Å². The smallest absolute Gasteiger partial charge is 0.387 e. The summed E-state index contributed by atoms with van der Waals surface area (Å²) in [5, 5.41) is 8.86. The average Bonchev–Trinajstić information content (AvgIpc) is 2.39. The van der Waals surface area contributed by atoms with E-state index in [0.717, 1.165) is 0 Å². The molecule has 1 aromatic rings. The zero-order valence-corrected chi connectivity index (χ0v) is 10.3. The third kappa shape index (κ3) is 3.55. The van der Waals surface area contributed by atoms with Crippen molar-refractivity contribution in [3.05, 3.63) is 23.3 Å².